The number of amides is 2. The van der Waals surface area contributed by atoms with E-state index in [0.29, 0.717) is 23.3 Å². The van der Waals surface area contributed by atoms with Gasteiger partial charge in [0.25, 0.3) is 5.91 Å². The molecule has 162 valence electrons. The smallest absolute Gasteiger partial charge is 0.387 e. The first-order chi connectivity index (χ1) is 14.9. The van der Waals surface area contributed by atoms with Crippen molar-refractivity contribution in [3.05, 3.63) is 60.6 Å². The first-order valence-electron chi connectivity index (χ1n) is 8.99. The molecular weight excluding hydrogens is 430 g/mol. The highest BCUT2D eigenvalue weighted by atomic mass is 32.2. The molecule has 3 rings (SSSR count). The zero-order chi connectivity index (χ0) is 22.4. The normalized spacial score (nSPS) is 10.8. The minimum Gasteiger partial charge on any atom is -0.469 e. The van der Waals surface area contributed by atoms with E-state index in [1.165, 1.54) is 24.3 Å². The van der Waals surface area contributed by atoms with Gasteiger partial charge in [-0.2, -0.15) is 8.78 Å². The van der Waals surface area contributed by atoms with Crippen molar-refractivity contribution in [2.45, 2.75) is 25.2 Å². The van der Waals surface area contributed by atoms with Crippen LogP contribution in [0.1, 0.15) is 16.1 Å². The lowest BCUT2D eigenvalue weighted by molar-refractivity contribution is -0.117. The summed E-state index contributed by atoms with van der Waals surface area (Å²) in [6.07, 6.45) is 3.23. The molecule has 8 nitrogen and oxygen atoms in total. The van der Waals surface area contributed by atoms with E-state index in [0.717, 1.165) is 17.3 Å². The van der Waals surface area contributed by atoms with Crippen molar-refractivity contribution in [1.82, 2.24) is 20.1 Å². The van der Waals surface area contributed by atoms with Gasteiger partial charge < -0.3 is 9.15 Å². The van der Waals surface area contributed by atoms with Crippen molar-refractivity contribution in [2.24, 2.45) is 0 Å². The Hall–Kier alpha value is -3.47. The maximum absolute atomic E-state index is 12.2. The van der Waals surface area contributed by atoms with Crippen molar-refractivity contribution >= 4 is 23.6 Å². The van der Waals surface area contributed by atoms with E-state index in [9.17, 15) is 18.4 Å². The Morgan fingerprint density at radius 1 is 1.29 bits per heavy atom. The SMILES string of the molecule is C=CCn1c(SCC(=O)NC(=O)c2ccc(OC(F)F)cc2)nnc1-c1ccoc1C. The summed E-state index contributed by atoms with van der Waals surface area (Å²) < 4.78 is 35.7. The second-order valence-electron chi connectivity index (χ2n) is 6.16. The number of thioether (sulfide) groups is 1. The number of carbonyl (C=O) groups excluding carboxylic acids is 2. The fraction of sp³-hybridized carbons (Fsp3) is 0.200. The number of alkyl halides is 2. The number of furan rings is 1. The lowest BCUT2D eigenvalue weighted by Crippen LogP contribution is -2.31. The molecule has 0 atom stereocenters. The van der Waals surface area contributed by atoms with Crippen molar-refractivity contribution in [2.75, 3.05) is 5.75 Å². The molecule has 2 amide bonds. The number of aryl methyl sites for hydroxylation is 1. The predicted molar refractivity (Wildman–Crippen MR) is 109 cm³/mol. The molecule has 0 saturated heterocycles. The Bertz CT molecular complexity index is 1080. The van der Waals surface area contributed by atoms with Gasteiger partial charge in [0.15, 0.2) is 11.0 Å². The minimum atomic E-state index is -2.96. The second-order valence-corrected chi connectivity index (χ2v) is 7.11. The molecule has 31 heavy (non-hydrogen) atoms. The van der Waals surface area contributed by atoms with Crippen LogP contribution in [-0.4, -0.2) is 38.9 Å². The molecule has 2 aromatic heterocycles. The molecular formula is C20H18F2N4O4S. The van der Waals surface area contributed by atoms with Crippen molar-refractivity contribution in [3.8, 4) is 17.1 Å². The van der Waals surface area contributed by atoms with Gasteiger partial charge in [0.05, 0.1) is 17.6 Å². The summed E-state index contributed by atoms with van der Waals surface area (Å²) in [5.41, 5.74) is 0.910. The summed E-state index contributed by atoms with van der Waals surface area (Å²) in [5, 5.41) is 11.0. The minimum absolute atomic E-state index is 0.0846. The first-order valence-corrected chi connectivity index (χ1v) is 9.98. The zero-order valence-corrected chi connectivity index (χ0v) is 17.2. The number of benzene rings is 1. The standard InChI is InChI=1S/C20H18F2N4O4S/c1-3-9-26-17(15-8-10-29-12(15)2)24-25-20(26)31-11-16(27)23-18(28)13-4-6-14(7-5-13)30-19(21)22/h3-8,10,19H,1,9,11H2,2H3,(H,23,27,28). The number of rotatable bonds is 9. The topological polar surface area (TPSA) is 99.2 Å². The van der Waals surface area contributed by atoms with Gasteiger partial charge >= 0.3 is 6.61 Å². The number of nitrogens with one attached hydrogen (secondary N) is 1. The van der Waals surface area contributed by atoms with Gasteiger partial charge in [0.2, 0.25) is 5.91 Å². The molecule has 2 heterocycles. The van der Waals surface area contributed by atoms with Crippen molar-refractivity contribution < 1.29 is 27.5 Å². The average molecular weight is 448 g/mol. The summed E-state index contributed by atoms with van der Waals surface area (Å²) in [6.45, 7) is 2.99. The number of carbonyl (C=O) groups is 2. The maximum Gasteiger partial charge on any atom is 0.387 e. The Balaban J connectivity index is 1.62. The monoisotopic (exact) mass is 448 g/mol. The van der Waals surface area contributed by atoms with Crippen LogP contribution in [0.4, 0.5) is 8.78 Å². The lowest BCUT2D eigenvalue weighted by Gasteiger charge is -2.08. The zero-order valence-electron chi connectivity index (χ0n) is 16.4. The number of hydrogen-bond donors (Lipinski definition) is 1. The molecule has 0 unspecified atom stereocenters. The third kappa shape index (κ3) is 5.57. The van der Waals surface area contributed by atoms with E-state index in [-0.39, 0.29) is 17.1 Å². The largest absolute Gasteiger partial charge is 0.469 e. The number of ether oxygens (including phenoxy) is 1. The van der Waals surface area contributed by atoms with Gasteiger partial charge in [0, 0.05) is 12.1 Å². The highest BCUT2D eigenvalue weighted by Gasteiger charge is 2.18. The van der Waals surface area contributed by atoms with Gasteiger partial charge in [0.1, 0.15) is 11.5 Å². The van der Waals surface area contributed by atoms with E-state index >= 15 is 0 Å². The predicted octanol–water partition coefficient (Wildman–Crippen LogP) is 3.68. The summed E-state index contributed by atoms with van der Waals surface area (Å²) in [7, 11) is 0. The Kier molecular flexibility index (Phi) is 7.19. The summed E-state index contributed by atoms with van der Waals surface area (Å²) >= 11 is 1.11. The number of aromatic nitrogens is 3. The molecule has 1 aromatic carbocycles. The van der Waals surface area contributed by atoms with Crippen LogP contribution in [-0.2, 0) is 11.3 Å². The third-order valence-electron chi connectivity index (χ3n) is 4.06. The van der Waals surface area contributed by atoms with Crippen LogP contribution >= 0.6 is 11.8 Å². The second kappa shape index (κ2) is 10.0. The van der Waals surface area contributed by atoms with Gasteiger partial charge in [-0.25, -0.2) is 0 Å². The molecule has 3 aromatic rings. The Labute approximate surface area is 180 Å². The number of halogens is 2. The lowest BCUT2D eigenvalue weighted by atomic mass is 10.2. The van der Waals surface area contributed by atoms with Crippen molar-refractivity contribution in [1.29, 1.82) is 0 Å². The molecule has 0 aliphatic heterocycles. The first kappa shape index (κ1) is 22.2. The van der Waals surface area contributed by atoms with Crippen LogP contribution < -0.4 is 10.1 Å². The van der Waals surface area contributed by atoms with Crippen LogP contribution in [0.3, 0.4) is 0 Å². The molecule has 0 spiro atoms. The van der Waals surface area contributed by atoms with Gasteiger partial charge in [-0.15, -0.1) is 16.8 Å². The fourth-order valence-electron chi connectivity index (χ4n) is 2.66. The Morgan fingerprint density at radius 3 is 2.65 bits per heavy atom. The van der Waals surface area contributed by atoms with E-state index in [1.807, 2.05) is 0 Å². The maximum atomic E-state index is 12.2. The van der Waals surface area contributed by atoms with E-state index < -0.39 is 18.4 Å². The van der Waals surface area contributed by atoms with E-state index in [1.54, 1.807) is 29.9 Å². The molecule has 1 N–H and O–H groups in total. The average Bonchev–Trinajstić information content (AvgIpc) is 3.32. The fourth-order valence-corrected chi connectivity index (χ4v) is 3.41. The number of nitrogens with zero attached hydrogens (tertiary/aromatic N) is 3. The highest BCUT2D eigenvalue weighted by Crippen LogP contribution is 2.27. The molecule has 0 bridgehead atoms. The third-order valence-corrected chi connectivity index (χ3v) is 5.02. The molecule has 0 saturated carbocycles. The van der Waals surface area contributed by atoms with Crippen LogP contribution in [0.5, 0.6) is 5.75 Å². The van der Waals surface area contributed by atoms with Gasteiger partial charge in [-0.3, -0.25) is 19.5 Å². The quantitative estimate of drug-likeness (QED) is 0.394. The molecule has 11 heteroatoms. The van der Waals surface area contributed by atoms with Crippen molar-refractivity contribution in [3.63, 3.8) is 0 Å². The summed E-state index contributed by atoms with van der Waals surface area (Å²) in [5.74, 6) is -0.108. The molecule has 0 radical (unpaired) electrons. The molecule has 0 aliphatic carbocycles. The highest BCUT2D eigenvalue weighted by molar-refractivity contribution is 7.99. The molecule has 0 fully saturated rings. The van der Waals surface area contributed by atoms with Crippen LogP contribution in [0.2, 0.25) is 0 Å². The van der Waals surface area contributed by atoms with Crippen LogP contribution in [0.15, 0.2) is 58.8 Å². The number of imide groups is 1. The summed E-state index contributed by atoms with van der Waals surface area (Å²) in [4.78, 5) is 24.4. The summed E-state index contributed by atoms with van der Waals surface area (Å²) in [6, 6.07) is 6.78. The van der Waals surface area contributed by atoms with Crippen LogP contribution in [0.25, 0.3) is 11.4 Å². The number of hydrogen-bond acceptors (Lipinski definition) is 7. The Morgan fingerprint density at radius 2 is 2.03 bits per heavy atom. The van der Waals surface area contributed by atoms with E-state index in [2.05, 4.69) is 26.8 Å². The van der Waals surface area contributed by atoms with Gasteiger partial charge in [-0.05, 0) is 37.3 Å². The molecule has 0 aliphatic rings. The number of allylic oxidation sites excluding steroid dienone is 1. The van der Waals surface area contributed by atoms with Crippen LogP contribution in [0, 0.1) is 6.92 Å². The van der Waals surface area contributed by atoms with E-state index in [4.69, 9.17) is 4.42 Å². The van der Waals surface area contributed by atoms with Gasteiger partial charge in [-0.1, -0.05) is 17.8 Å².